The first-order chi connectivity index (χ1) is 12.9. The van der Waals surface area contributed by atoms with E-state index in [-0.39, 0.29) is 23.9 Å². The molecular weight excluding hydrogens is 362 g/mol. The Morgan fingerprint density at radius 3 is 2.37 bits per heavy atom. The van der Waals surface area contributed by atoms with Gasteiger partial charge in [0.1, 0.15) is 5.69 Å². The summed E-state index contributed by atoms with van der Waals surface area (Å²) in [6, 6.07) is 7.75. The second-order valence-corrected chi connectivity index (χ2v) is 8.94. The SMILES string of the molecule is C[C@@H]1C(C(=O)N2CC3CCC(C2)N3C(=O)c2cc3ccc(Cl)cc3[nH]2)[C@@H]1C. The molecule has 3 fully saturated rings. The van der Waals surface area contributed by atoms with Gasteiger partial charge >= 0.3 is 0 Å². The van der Waals surface area contributed by atoms with Crippen molar-refractivity contribution in [1.29, 1.82) is 0 Å². The highest BCUT2D eigenvalue weighted by Crippen LogP contribution is 2.47. The number of likely N-dealkylation sites (tertiary alicyclic amines) is 1. The standard InChI is InChI=1S/C21H24ClN3O2/c1-11-12(2)19(11)21(27)24-9-15-5-6-16(10-24)25(15)20(26)18-7-13-3-4-14(22)8-17(13)23-18/h3-4,7-8,11-12,15-16,19,23H,5-6,9-10H2,1-2H3/t11-,12+,15?,16?,19?. The van der Waals surface area contributed by atoms with Crippen molar-refractivity contribution < 1.29 is 9.59 Å². The van der Waals surface area contributed by atoms with Crippen LogP contribution in [-0.4, -0.2) is 51.8 Å². The van der Waals surface area contributed by atoms with E-state index in [0.29, 0.717) is 41.5 Å². The van der Waals surface area contributed by atoms with Gasteiger partial charge in [0.25, 0.3) is 5.91 Å². The maximum absolute atomic E-state index is 13.2. The number of nitrogens with zero attached hydrogens (tertiary/aromatic N) is 2. The first-order valence-electron chi connectivity index (χ1n) is 9.84. The molecule has 2 saturated heterocycles. The molecule has 1 aromatic carbocycles. The topological polar surface area (TPSA) is 56.4 Å². The van der Waals surface area contributed by atoms with Crippen LogP contribution in [0, 0.1) is 17.8 Å². The number of piperazine rings is 1. The lowest BCUT2D eigenvalue weighted by Gasteiger charge is -2.41. The number of amides is 2. The molecule has 5 atom stereocenters. The van der Waals surface area contributed by atoms with E-state index in [1.165, 1.54) is 0 Å². The summed E-state index contributed by atoms with van der Waals surface area (Å²) in [7, 11) is 0. The van der Waals surface area contributed by atoms with Crippen LogP contribution in [0.2, 0.25) is 5.02 Å². The molecule has 2 bridgehead atoms. The maximum Gasteiger partial charge on any atom is 0.270 e. The number of rotatable bonds is 2. The van der Waals surface area contributed by atoms with Crippen molar-refractivity contribution in [2.75, 3.05) is 13.1 Å². The number of H-pyrrole nitrogens is 1. The maximum atomic E-state index is 13.2. The zero-order valence-corrected chi connectivity index (χ0v) is 16.4. The fourth-order valence-electron chi connectivity index (χ4n) is 5.09. The average molecular weight is 386 g/mol. The first-order valence-corrected chi connectivity index (χ1v) is 10.2. The number of nitrogens with one attached hydrogen (secondary N) is 1. The molecular formula is C21H24ClN3O2. The molecule has 2 aromatic rings. The van der Waals surface area contributed by atoms with E-state index in [0.717, 1.165) is 23.7 Å². The zero-order chi connectivity index (χ0) is 18.9. The monoisotopic (exact) mass is 385 g/mol. The van der Waals surface area contributed by atoms with Crippen LogP contribution in [-0.2, 0) is 4.79 Å². The molecule has 1 saturated carbocycles. The number of aromatic nitrogens is 1. The molecule has 6 heteroatoms. The second-order valence-electron chi connectivity index (χ2n) is 8.50. The van der Waals surface area contributed by atoms with Crippen molar-refractivity contribution in [3.63, 3.8) is 0 Å². The van der Waals surface area contributed by atoms with Crippen LogP contribution in [0.15, 0.2) is 24.3 Å². The average Bonchev–Trinajstić information content (AvgIpc) is 2.96. The number of benzene rings is 1. The highest BCUT2D eigenvalue weighted by molar-refractivity contribution is 6.31. The Balaban J connectivity index is 1.35. The molecule has 2 amide bonds. The lowest BCUT2D eigenvalue weighted by atomic mass is 10.1. The minimum absolute atomic E-state index is 0.0371. The Bertz CT molecular complexity index is 917. The largest absolute Gasteiger partial charge is 0.350 e. The molecule has 0 spiro atoms. The van der Waals surface area contributed by atoms with Gasteiger partial charge in [-0.2, -0.15) is 0 Å². The third-order valence-electron chi connectivity index (χ3n) is 6.95. The van der Waals surface area contributed by atoms with Crippen molar-refractivity contribution in [3.05, 3.63) is 35.0 Å². The number of hydrogen-bond acceptors (Lipinski definition) is 2. The Labute approximate surface area is 163 Å². The van der Waals surface area contributed by atoms with Crippen molar-refractivity contribution >= 4 is 34.3 Å². The fourth-order valence-corrected chi connectivity index (χ4v) is 5.26. The highest BCUT2D eigenvalue weighted by Gasteiger charge is 2.52. The predicted molar refractivity (Wildman–Crippen MR) is 105 cm³/mol. The van der Waals surface area contributed by atoms with Crippen LogP contribution >= 0.6 is 11.6 Å². The predicted octanol–water partition coefficient (Wildman–Crippen LogP) is 3.54. The summed E-state index contributed by atoms with van der Waals surface area (Å²) in [6.07, 6.45) is 1.95. The van der Waals surface area contributed by atoms with Crippen molar-refractivity contribution in [1.82, 2.24) is 14.8 Å². The Hall–Kier alpha value is -2.01. The summed E-state index contributed by atoms with van der Waals surface area (Å²) >= 11 is 6.06. The van der Waals surface area contributed by atoms with Gasteiger partial charge in [0.05, 0.1) is 12.1 Å². The molecule has 142 valence electrons. The fraction of sp³-hybridized carbons (Fsp3) is 0.524. The van der Waals surface area contributed by atoms with Crippen LogP contribution in [0.3, 0.4) is 0 Å². The van der Waals surface area contributed by atoms with E-state index >= 15 is 0 Å². The molecule has 3 aliphatic rings. The third kappa shape index (κ3) is 2.66. The molecule has 1 aromatic heterocycles. The normalized spacial score (nSPS) is 32.2. The Morgan fingerprint density at radius 1 is 1.07 bits per heavy atom. The summed E-state index contributed by atoms with van der Waals surface area (Å²) in [5, 5.41) is 1.64. The Kier molecular flexibility index (Phi) is 3.80. The van der Waals surface area contributed by atoms with E-state index < -0.39 is 0 Å². The van der Waals surface area contributed by atoms with Gasteiger partial charge in [0.2, 0.25) is 5.91 Å². The lowest BCUT2D eigenvalue weighted by molar-refractivity contribution is -0.136. The third-order valence-corrected chi connectivity index (χ3v) is 7.18. The molecule has 1 aliphatic carbocycles. The zero-order valence-electron chi connectivity index (χ0n) is 15.6. The quantitative estimate of drug-likeness (QED) is 0.859. The van der Waals surface area contributed by atoms with Gasteiger partial charge in [-0.05, 0) is 42.9 Å². The molecule has 5 nitrogen and oxygen atoms in total. The van der Waals surface area contributed by atoms with Gasteiger partial charge < -0.3 is 14.8 Å². The highest BCUT2D eigenvalue weighted by atomic mass is 35.5. The second kappa shape index (κ2) is 5.99. The van der Waals surface area contributed by atoms with Crippen molar-refractivity contribution in [2.45, 2.75) is 38.8 Å². The van der Waals surface area contributed by atoms with Gasteiger partial charge in [0.15, 0.2) is 0 Å². The van der Waals surface area contributed by atoms with Crippen molar-refractivity contribution in [2.24, 2.45) is 17.8 Å². The van der Waals surface area contributed by atoms with E-state index in [4.69, 9.17) is 11.6 Å². The summed E-state index contributed by atoms with van der Waals surface area (Å²) < 4.78 is 0. The summed E-state index contributed by atoms with van der Waals surface area (Å²) in [5.41, 5.74) is 1.48. The van der Waals surface area contributed by atoms with Gasteiger partial charge in [-0.15, -0.1) is 0 Å². The van der Waals surface area contributed by atoms with E-state index in [1.807, 2.05) is 34.1 Å². The summed E-state index contributed by atoms with van der Waals surface area (Å²) in [5.74, 6) is 1.50. The van der Waals surface area contributed by atoms with E-state index in [1.54, 1.807) is 0 Å². The number of halogens is 1. The van der Waals surface area contributed by atoms with Gasteiger partial charge in [-0.3, -0.25) is 9.59 Å². The van der Waals surface area contributed by atoms with Crippen molar-refractivity contribution in [3.8, 4) is 0 Å². The van der Waals surface area contributed by atoms with Crippen LogP contribution in [0.5, 0.6) is 0 Å². The minimum Gasteiger partial charge on any atom is -0.350 e. The molecule has 27 heavy (non-hydrogen) atoms. The number of carbonyl (C=O) groups excluding carboxylic acids is 2. The Morgan fingerprint density at radius 2 is 1.74 bits per heavy atom. The minimum atomic E-state index is 0.0371. The van der Waals surface area contributed by atoms with E-state index in [2.05, 4.69) is 18.8 Å². The molecule has 3 unspecified atom stereocenters. The number of hydrogen-bond donors (Lipinski definition) is 1. The smallest absolute Gasteiger partial charge is 0.270 e. The molecule has 5 rings (SSSR count). The van der Waals surface area contributed by atoms with Gasteiger partial charge in [-0.1, -0.05) is 31.5 Å². The summed E-state index contributed by atoms with van der Waals surface area (Å²) in [6.45, 7) is 5.65. The summed E-state index contributed by atoms with van der Waals surface area (Å²) in [4.78, 5) is 33.2. The number of aromatic amines is 1. The first kappa shape index (κ1) is 17.1. The van der Waals surface area contributed by atoms with Gasteiger partial charge in [-0.25, -0.2) is 0 Å². The number of carbonyl (C=O) groups is 2. The number of fused-ring (bicyclic) bond motifs is 3. The van der Waals surface area contributed by atoms with Crippen LogP contribution in [0.25, 0.3) is 10.9 Å². The molecule has 2 aliphatic heterocycles. The van der Waals surface area contributed by atoms with Crippen LogP contribution in [0.1, 0.15) is 37.2 Å². The molecule has 3 heterocycles. The van der Waals surface area contributed by atoms with Crippen LogP contribution in [0.4, 0.5) is 0 Å². The lowest BCUT2D eigenvalue weighted by Crippen LogP contribution is -2.57. The molecule has 1 N–H and O–H groups in total. The molecule has 0 radical (unpaired) electrons. The van der Waals surface area contributed by atoms with Gasteiger partial charge in [0, 0.05) is 34.9 Å². The van der Waals surface area contributed by atoms with E-state index in [9.17, 15) is 9.59 Å². The van der Waals surface area contributed by atoms with Crippen LogP contribution < -0.4 is 0 Å².